The number of hydrogen-bond acceptors (Lipinski definition) is 3. The summed E-state index contributed by atoms with van der Waals surface area (Å²) in [6, 6.07) is 2.10. The molecule has 0 saturated carbocycles. The van der Waals surface area contributed by atoms with Crippen LogP contribution < -0.4 is 0 Å². The normalized spacial score (nSPS) is 15.5. The van der Waals surface area contributed by atoms with Gasteiger partial charge in [-0.3, -0.25) is 4.79 Å². The fourth-order valence-electron chi connectivity index (χ4n) is 1.46. The zero-order chi connectivity index (χ0) is 9.26. The van der Waals surface area contributed by atoms with E-state index in [-0.39, 0.29) is 0 Å². The molecular weight excluding hydrogens is 200 g/mol. The van der Waals surface area contributed by atoms with Crippen molar-refractivity contribution in [3.63, 3.8) is 0 Å². The highest BCUT2D eigenvalue weighted by Gasteiger charge is 2.16. The topological polar surface area (TPSA) is 17.1 Å². The molecule has 3 heteroatoms. The number of ketones is 1. The Bertz CT molecular complexity index is 304. The summed E-state index contributed by atoms with van der Waals surface area (Å²) in [7, 11) is 0. The second-order valence-corrected chi connectivity index (χ2v) is 5.38. The van der Waals surface area contributed by atoms with Crippen LogP contribution in [0.2, 0.25) is 0 Å². The van der Waals surface area contributed by atoms with E-state index in [2.05, 4.69) is 6.07 Å². The fourth-order valence-corrected chi connectivity index (χ4v) is 3.84. The van der Waals surface area contributed by atoms with Crippen molar-refractivity contribution in [1.82, 2.24) is 0 Å². The Morgan fingerprint density at radius 3 is 3.15 bits per heavy atom. The third-order valence-corrected chi connectivity index (χ3v) is 4.51. The first kappa shape index (κ1) is 9.28. The van der Waals surface area contributed by atoms with Gasteiger partial charge in [0, 0.05) is 17.1 Å². The molecule has 0 saturated heterocycles. The fraction of sp³-hybridized carbons (Fsp3) is 0.500. The number of Topliss-reactive ketones (excluding diaryl/α,β-unsaturated/α-hetero) is 1. The summed E-state index contributed by atoms with van der Waals surface area (Å²) in [5.41, 5.74) is 1.40. The van der Waals surface area contributed by atoms with Gasteiger partial charge < -0.3 is 0 Å². The molecule has 70 valence electrons. The first-order valence-electron chi connectivity index (χ1n) is 4.53. The summed E-state index contributed by atoms with van der Waals surface area (Å²) in [6.07, 6.45) is 1.79. The van der Waals surface area contributed by atoms with Gasteiger partial charge in [0.15, 0.2) is 5.78 Å². The van der Waals surface area contributed by atoms with E-state index < -0.39 is 0 Å². The van der Waals surface area contributed by atoms with Gasteiger partial charge in [-0.15, -0.1) is 11.3 Å². The zero-order valence-electron chi connectivity index (χ0n) is 7.63. The standard InChI is InChI=1S/C10H12OS2/c1-2-8(11)10-5-7-6-12-4-3-9(7)13-10/h5H,2-4,6H2,1H3. The quantitative estimate of drug-likeness (QED) is 0.701. The molecule has 0 fully saturated rings. The minimum atomic E-state index is 0.296. The maximum absolute atomic E-state index is 11.4. The van der Waals surface area contributed by atoms with Crippen LogP contribution in [0.25, 0.3) is 0 Å². The maximum atomic E-state index is 11.4. The van der Waals surface area contributed by atoms with E-state index >= 15 is 0 Å². The van der Waals surface area contributed by atoms with Crippen LogP contribution >= 0.6 is 23.1 Å². The predicted molar refractivity (Wildman–Crippen MR) is 58.8 cm³/mol. The number of rotatable bonds is 2. The summed E-state index contributed by atoms with van der Waals surface area (Å²) in [5.74, 6) is 2.61. The van der Waals surface area contributed by atoms with Gasteiger partial charge in [-0.25, -0.2) is 0 Å². The molecule has 1 aliphatic heterocycles. The molecule has 1 nitrogen and oxygen atoms in total. The average Bonchev–Trinajstić information content (AvgIpc) is 2.59. The van der Waals surface area contributed by atoms with E-state index in [1.165, 1.54) is 16.2 Å². The third kappa shape index (κ3) is 1.81. The lowest BCUT2D eigenvalue weighted by atomic mass is 10.2. The number of carbonyl (C=O) groups is 1. The Balaban J connectivity index is 2.30. The number of thiophene rings is 1. The number of hydrogen-bond donors (Lipinski definition) is 0. The number of fused-ring (bicyclic) bond motifs is 1. The zero-order valence-corrected chi connectivity index (χ0v) is 9.26. The molecule has 0 unspecified atom stereocenters. The van der Waals surface area contributed by atoms with Gasteiger partial charge in [-0.05, 0) is 23.8 Å². The third-order valence-electron chi connectivity index (χ3n) is 2.22. The molecule has 0 N–H and O–H groups in total. The predicted octanol–water partition coefficient (Wildman–Crippen LogP) is 3.13. The summed E-state index contributed by atoms with van der Waals surface area (Å²) >= 11 is 3.67. The van der Waals surface area contributed by atoms with Gasteiger partial charge in [0.1, 0.15) is 0 Å². The van der Waals surface area contributed by atoms with Crippen LogP contribution in [0.5, 0.6) is 0 Å². The molecule has 0 radical (unpaired) electrons. The van der Waals surface area contributed by atoms with Gasteiger partial charge in [0.25, 0.3) is 0 Å². The summed E-state index contributed by atoms with van der Waals surface area (Å²) in [5, 5.41) is 0. The maximum Gasteiger partial charge on any atom is 0.172 e. The van der Waals surface area contributed by atoms with Crippen molar-refractivity contribution in [2.45, 2.75) is 25.5 Å². The molecule has 1 aromatic heterocycles. The van der Waals surface area contributed by atoms with Crippen molar-refractivity contribution < 1.29 is 4.79 Å². The lowest BCUT2D eigenvalue weighted by Gasteiger charge is -2.08. The molecule has 0 amide bonds. The molecule has 0 bridgehead atoms. The van der Waals surface area contributed by atoms with Crippen molar-refractivity contribution in [3.8, 4) is 0 Å². The first-order chi connectivity index (χ1) is 6.31. The van der Waals surface area contributed by atoms with Crippen LogP contribution in [0, 0.1) is 0 Å². The SMILES string of the molecule is CCC(=O)c1cc2c(s1)CCSC2. The summed E-state index contributed by atoms with van der Waals surface area (Å²) < 4.78 is 0. The molecule has 0 spiro atoms. The Hall–Kier alpha value is -0.280. The van der Waals surface area contributed by atoms with E-state index in [9.17, 15) is 4.79 Å². The minimum absolute atomic E-state index is 0.296. The highest BCUT2D eigenvalue weighted by Crippen LogP contribution is 2.32. The molecule has 0 aromatic carbocycles. The molecule has 1 aromatic rings. The van der Waals surface area contributed by atoms with E-state index in [1.807, 2.05) is 18.7 Å². The van der Waals surface area contributed by atoms with Gasteiger partial charge in [0.05, 0.1) is 4.88 Å². The molecular formula is C10H12OS2. The second kappa shape index (κ2) is 3.84. The number of thioether (sulfide) groups is 1. The number of aryl methyl sites for hydroxylation is 1. The lowest BCUT2D eigenvalue weighted by Crippen LogP contribution is -1.96. The Morgan fingerprint density at radius 2 is 2.46 bits per heavy atom. The lowest BCUT2D eigenvalue weighted by molar-refractivity contribution is 0.0992. The monoisotopic (exact) mass is 212 g/mol. The van der Waals surface area contributed by atoms with E-state index in [4.69, 9.17) is 0 Å². The molecule has 13 heavy (non-hydrogen) atoms. The van der Waals surface area contributed by atoms with Crippen molar-refractivity contribution >= 4 is 28.9 Å². The second-order valence-electron chi connectivity index (χ2n) is 3.14. The highest BCUT2D eigenvalue weighted by atomic mass is 32.2. The van der Waals surface area contributed by atoms with E-state index in [1.54, 1.807) is 11.3 Å². The highest BCUT2D eigenvalue weighted by molar-refractivity contribution is 7.98. The van der Waals surface area contributed by atoms with Crippen LogP contribution in [0.4, 0.5) is 0 Å². The summed E-state index contributed by atoms with van der Waals surface area (Å²) in [6.45, 7) is 1.93. The minimum Gasteiger partial charge on any atom is -0.293 e. The van der Waals surface area contributed by atoms with Crippen molar-refractivity contribution in [2.75, 3.05) is 5.75 Å². The summed E-state index contributed by atoms with van der Waals surface area (Å²) in [4.78, 5) is 13.8. The molecule has 0 atom stereocenters. The van der Waals surface area contributed by atoms with Gasteiger partial charge >= 0.3 is 0 Å². The van der Waals surface area contributed by atoms with Crippen LogP contribution in [-0.2, 0) is 12.2 Å². The number of carbonyl (C=O) groups excluding carboxylic acids is 1. The Labute approximate surface area is 86.5 Å². The molecule has 0 aliphatic carbocycles. The van der Waals surface area contributed by atoms with Gasteiger partial charge in [0.2, 0.25) is 0 Å². The van der Waals surface area contributed by atoms with Gasteiger partial charge in [-0.1, -0.05) is 6.92 Å². The van der Waals surface area contributed by atoms with Crippen LogP contribution in [0.1, 0.15) is 33.5 Å². The molecule has 1 aliphatic rings. The van der Waals surface area contributed by atoms with Crippen molar-refractivity contribution in [2.24, 2.45) is 0 Å². The van der Waals surface area contributed by atoms with Crippen LogP contribution in [-0.4, -0.2) is 11.5 Å². The van der Waals surface area contributed by atoms with Crippen LogP contribution in [0.3, 0.4) is 0 Å². The smallest absolute Gasteiger partial charge is 0.172 e. The first-order valence-corrected chi connectivity index (χ1v) is 6.51. The molecule has 2 heterocycles. The Morgan fingerprint density at radius 1 is 1.62 bits per heavy atom. The van der Waals surface area contributed by atoms with Crippen LogP contribution in [0.15, 0.2) is 6.07 Å². The van der Waals surface area contributed by atoms with Crippen molar-refractivity contribution in [3.05, 3.63) is 21.4 Å². The molecule has 2 rings (SSSR count). The largest absolute Gasteiger partial charge is 0.293 e. The van der Waals surface area contributed by atoms with Crippen molar-refractivity contribution in [1.29, 1.82) is 0 Å². The van der Waals surface area contributed by atoms with E-state index in [0.717, 1.165) is 17.1 Å². The Kier molecular flexibility index (Phi) is 2.74. The van der Waals surface area contributed by atoms with Gasteiger partial charge in [-0.2, -0.15) is 11.8 Å². The average molecular weight is 212 g/mol. The van der Waals surface area contributed by atoms with E-state index in [0.29, 0.717) is 12.2 Å².